The molecule has 2 nitrogen and oxygen atoms in total. The molecule has 1 aromatic heterocycles. The maximum Gasteiger partial charge on any atom is 0.0477 e. The highest BCUT2D eigenvalue weighted by Crippen LogP contribution is 2.17. The van der Waals surface area contributed by atoms with Gasteiger partial charge in [0.1, 0.15) is 0 Å². The molecule has 0 saturated heterocycles. The Kier molecular flexibility index (Phi) is 2.30. The summed E-state index contributed by atoms with van der Waals surface area (Å²) in [6.07, 6.45) is 3.03. The molecule has 0 amide bonds. The van der Waals surface area contributed by atoms with E-state index in [9.17, 15) is 0 Å². The lowest BCUT2D eigenvalue weighted by atomic mass is 10.1. The van der Waals surface area contributed by atoms with Gasteiger partial charge in [-0.05, 0) is 42.5 Å². The molecule has 0 bridgehead atoms. The molecule has 2 N–H and O–H groups in total. The lowest BCUT2D eigenvalue weighted by Crippen LogP contribution is -2.17. The zero-order valence-electron chi connectivity index (χ0n) is 8.70. The standard InChI is InChI=1S/C12H16N2/c1-9(13)7-10-3-4-12-11(8-10)5-6-14(12)2/h3-6,8-9H,7,13H2,1-2H3. The number of fused-ring (bicyclic) bond motifs is 1. The molecule has 2 aromatic rings. The second-order valence-corrected chi connectivity index (χ2v) is 4.00. The van der Waals surface area contributed by atoms with Crippen molar-refractivity contribution in [3.8, 4) is 0 Å². The smallest absolute Gasteiger partial charge is 0.0477 e. The van der Waals surface area contributed by atoms with Crippen LogP contribution < -0.4 is 5.73 Å². The molecule has 2 rings (SSSR count). The van der Waals surface area contributed by atoms with Gasteiger partial charge in [0.25, 0.3) is 0 Å². The van der Waals surface area contributed by atoms with Crippen LogP contribution in [0.2, 0.25) is 0 Å². The molecule has 0 spiro atoms. The Morgan fingerprint density at radius 1 is 1.36 bits per heavy atom. The number of aryl methyl sites for hydroxylation is 1. The fourth-order valence-corrected chi connectivity index (χ4v) is 1.83. The number of rotatable bonds is 2. The van der Waals surface area contributed by atoms with E-state index in [4.69, 9.17) is 5.73 Å². The van der Waals surface area contributed by atoms with Gasteiger partial charge < -0.3 is 10.3 Å². The first kappa shape index (κ1) is 9.28. The summed E-state index contributed by atoms with van der Waals surface area (Å²) in [5.41, 5.74) is 8.36. The van der Waals surface area contributed by atoms with E-state index in [1.165, 1.54) is 16.5 Å². The molecular formula is C12H16N2. The van der Waals surface area contributed by atoms with E-state index >= 15 is 0 Å². The van der Waals surface area contributed by atoms with Crippen LogP contribution in [0.15, 0.2) is 30.5 Å². The molecule has 14 heavy (non-hydrogen) atoms. The highest BCUT2D eigenvalue weighted by atomic mass is 14.9. The maximum atomic E-state index is 5.77. The second-order valence-electron chi connectivity index (χ2n) is 4.00. The minimum atomic E-state index is 0.233. The van der Waals surface area contributed by atoms with Crippen molar-refractivity contribution >= 4 is 10.9 Å². The Balaban J connectivity index is 2.42. The number of benzene rings is 1. The highest BCUT2D eigenvalue weighted by molar-refractivity contribution is 5.80. The first-order chi connectivity index (χ1) is 6.66. The van der Waals surface area contributed by atoms with Crippen LogP contribution in [0.3, 0.4) is 0 Å². The molecule has 1 aromatic carbocycles. The van der Waals surface area contributed by atoms with Crippen LogP contribution in [-0.4, -0.2) is 10.6 Å². The van der Waals surface area contributed by atoms with Gasteiger partial charge in [0, 0.05) is 24.8 Å². The lowest BCUT2D eigenvalue weighted by molar-refractivity contribution is 0.739. The van der Waals surface area contributed by atoms with Crippen molar-refractivity contribution in [2.45, 2.75) is 19.4 Å². The summed E-state index contributed by atoms with van der Waals surface area (Å²) in [7, 11) is 2.06. The van der Waals surface area contributed by atoms with Crippen LogP contribution in [0.1, 0.15) is 12.5 Å². The van der Waals surface area contributed by atoms with E-state index in [1.807, 2.05) is 6.92 Å². The first-order valence-electron chi connectivity index (χ1n) is 4.96. The van der Waals surface area contributed by atoms with Gasteiger partial charge in [0.05, 0.1) is 0 Å². The minimum Gasteiger partial charge on any atom is -0.351 e. The third-order valence-corrected chi connectivity index (χ3v) is 2.51. The summed E-state index contributed by atoms with van der Waals surface area (Å²) in [6.45, 7) is 2.04. The van der Waals surface area contributed by atoms with Crippen LogP contribution in [0, 0.1) is 0 Å². The summed E-state index contributed by atoms with van der Waals surface area (Å²) >= 11 is 0. The number of hydrogen-bond acceptors (Lipinski definition) is 1. The van der Waals surface area contributed by atoms with Crippen molar-refractivity contribution in [1.29, 1.82) is 0 Å². The number of aromatic nitrogens is 1. The minimum absolute atomic E-state index is 0.233. The molecule has 2 heteroatoms. The summed E-state index contributed by atoms with van der Waals surface area (Å²) < 4.78 is 2.13. The van der Waals surface area contributed by atoms with Gasteiger partial charge in [-0.3, -0.25) is 0 Å². The number of nitrogens with zero attached hydrogens (tertiary/aromatic N) is 1. The van der Waals surface area contributed by atoms with E-state index < -0.39 is 0 Å². The first-order valence-corrected chi connectivity index (χ1v) is 4.96. The van der Waals surface area contributed by atoms with Crippen LogP contribution in [0.4, 0.5) is 0 Å². The van der Waals surface area contributed by atoms with E-state index in [0.29, 0.717) is 0 Å². The van der Waals surface area contributed by atoms with Crippen molar-refractivity contribution in [2.75, 3.05) is 0 Å². The van der Waals surface area contributed by atoms with Gasteiger partial charge >= 0.3 is 0 Å². The Labute approximate surface area is 84.3 Å². The molecular weight excluding hydrogens is 172 g/mol. The second kappa shape index (κ2) is 3.46. The molecule has 0 saturated carbocycles. The van der Waals surface area contributed by atoms with Crippen molar-refractivity contribution in [1.82, 2.24) is 4.57 Å². The van der Waals surface area contributed by atoms with Gasteiger partial charge in [-0.25, -0.2) is 0 Å². The Hall–Kier alpha value is -1.28. The van der Waals surface area contributed by atoms with E-state index in [-0.39, 0.29) is 6.04 Å². The number of hydrogen-bond donors (Lipinski definition) is 1. The molecule has 0 aliphatic rings. The van der Waals surface area contributed by atoms with Gasteiger partial charge in [0.2, 0.25) is 0 Å². The van der Waals surface area contributed by atoms with Gasteiger partial charge in [-0.15, -0.1) is 0 Å². The van der Waals surface area contributed by atoms with Crippen LogP contribution in [-0.2, 0) is 13.5 Å². The van der Waals surface area contributed by atoms with Crippen molar-refractivity contribution in [3.63, 3.8) is 0 Å². The third kappa shape index (κ3) is 1.66. The molecule has 0 radical (unpaired) electrons. The zero-order valence-corrected chi connectivity index (χ0v) is 8.70. The average Bonchev–Trinajstić information content (AvgIpc) is 2.46. The predicted molar refractivity (Wildman–Crippen MR) is 60.3 cm³/mol. The van der Waals surface area contributed by atoms with Crippen LogP contribution in [0.25, 0.3) is 10.9 Å². The molecule has 0 fully saturated rings. The SMILES string of the molecule is CC(N)Cc1ccc2c(ccn2C)c1. The highest BCUT2D eigenvalue weighted by Gasteiger charge is 2.01. The largest absolute Gasteiger partial charge is 0.351 e. The van der Waals surface area contributed by atoms with Crippen LogP contribution >= 0.6 is 0 Å². The van der Waals surface area contributed by atoms with E-state index in [2.05, 4.69) is 42.1 Å². The Morgan fingerprint density at radius 3 is 2.86 bits per heavy atom. The van der Waals surface area contributed by atoms with Crippen molar-refractivity contribution in [3.05, 3.63) is 36.0 Å². The molecule has 0 aliphatic heterocycles. The normalized spacial score (nSPS) is 13.4. The molecule has 1 heterocycles. The fourth-order valence-electron chi connectivity index (χ4n) is 1.83. The molecule has 74 valence electrons. The molecule has 0 aliphatic carbocycles. The topological polar surface area (TPSA) is 30.9 Å². The van der Waals surface area contributed by atoms with Gasteiger partial charge in [-0.1, -0.05) is 6.07 Å². The zero-order chi connectivity index (χ0) is 10.1. The Bertz CT molecular complexity index is 441. The van der Waals surface area contributed by atoms with E-state index in [0.717, 1.165) is 6.42 Å². The monoisotopic (exact) mass is 188 g/mol. The summed E-state index contributed by atoms with van der Waals surface area (Å²) in [5, 5.41) is 1.30. The molecule has 1 unspecified atom stereocenters. The Morgan fingerprint density at radius 2 is 2.14 bits per heavy atom. The van der Waals surface area contributed by atoms with Gasteiger partial charge in [0.15, 0.2) is 0 Å². The van der Waals surface area contributed by atoms with Gasteiger partial charge in [-0.2, -0.15) is 0 Å². The fraction of sp³-hybridized carbons (Fsp3) is 0.333. The molecule has 1 atom stereocenters. The summed E-state index contributed by atoms with van der Waals surface area (Å²) in [5.74, 6) is 0. The summed E-state index contributed by atoms with van der Waals surface area (Å²) in [6, 6.07) is 8.91. The van der Waals surface area contributed by atoms with Crippen LogP contribution in [0.5, 0.6) is 0 Å². The van der Waals surface area contributed by atoms with Crippen molar-refractivity contribution in [2.24, 2.45) is 12.8 Å². The van der Waals surface area contributed by atoms with Crippen molar-refractivity contribution < 1.29 is 0 Å². The summed E-state index contributed by atoms with van der Waals surface area (Å²) in [4.78, 5) is 0. The van der Waals surface area contributed by atoms with E-state index in [1.54, 1.807) is 0 Å². The maximum absolute atomic E-state index is 5.77. The third-order valence-electron chi connectivity index (χ3n) is 2.51. The average molecular weight is 188 g/mol. The quantitative estimate of drug-likeness (QED) is 0.768. The predicted octanol–water partition coefficient (Wildman–Crippen LogP) is 2.07. The lowest BCUT2D eigenvalue weighted by Gasteiger charge is -2.05. The number of nitrogens with two attached hydrogens (primary N) is 1.